The summed E-state index contributed by atoms with van der Waals surface area (Å²) in [5.74, 6) is 0.602. The van der Waals surface area contributed by atoms with Crippen molar-refractivity contribution in [3.05, 3.63) is 53.1 Å². The van der Waals surface area contributed by atoms with Crippen molar-refractivity contribution in [2.45, 2.75) is 27.7 Å². The molecule has 0 aliphatic heterocycles. The molecule has 0 atom stereocenters. The summed E-state index contributed by atoms with van der Waals surface area (Å²) in [5, 5.41) is 5.00. The number of nitrogens with two attached hydrogens (primary N) is 1. The van der Waals surface area contributed by atoms with Crippen LogP contribution in [0.1, 0.15) is 35.3 Å². The Morgan fingerprint density at radius 2 is 1.79 bits per heavy atom. The van der Waals surface area contributed by atoms with Gasteiger partial charge in [-0.05, 0) is 49.2 Å². The van der Waals surface area contributed by atoms with E-state index in [-0.39, 0.29) is 5.89 Å². The van der Waals surface area contributed by atoms with E-state index in [1.165, 1.54) is 13.2 Å². The Morgan fingerprint density at radius 1 is 1.07 bits per heavy atom. The molecule has 2 aromatic heterocycles. The van der Waals surface area contributed by atoms with Gasteiger partial charge in [0.2, 0.25) is 5.82 Å². The number of hydrogen-bond donors (Lipinski definition) is 1. The second-order valence-electron chi connectivity index (χ2n) is 6.27. The Kier molecular flexibility index (Phi) is 5.68. The Hall–Kier alpha value is -3.61. The van der Waals surface area contributed by atoms with Crippen LogP contribution in [0.25, 0.3) is 34.0 Å². The SMILES string of the molecule is CC.COC(=O)c1ccc(-c2noc(-c3cc4c(C)ccc(C)c4o3)n2)c(N)c1. The number of carbonyl (C=O) groups is 1. The lowest BCUT2D eigenvalue weighted by atomic mass is 10.1. The normalized spacial score (nSPS) is 10.5. The monoisotopic (exact) mass is 393 g/mol. The number of furan rings is 1. The number of aromatic nitrogens is 2. The third-order valence-corrected chi connectivity index (χ3v) is 4.45. The van der Waals surface area contributed by atoms with E-state index < -0.39 is 5.97 Å². The molecule has 0 radical (unpaired) electrons. The summed E-state index contributed by atoms with van der Waals surface area (Å²) in [6.45, 7) is 8.00. The summed E-state index contributed by atoms with van der Waals surface area (Å²) < 4.78 is 16.0. The number of benzene rings is 2. The van der Waals surface area contributed by atoms with Crippen molar-refractivity contribution in [1.82, 2.24) is 10.1 Å². The Balaban J connectivity index is 0.00000117. The summed E-state index contributed by atoms with van der Waals surface area (Å²) in [5.41, 5.74) is 10.2. The molecule has 0 spiro atoms. The molecule has 150 valence electrons. The van der Waals surface area contributed by atoms with E-state index in [1.54, 1.807) is 12.1 Å². The smallest absolute Gasteiger partial charge is 0.337 e. The van der Waals surface area contributed by atoms with Gasteiger partial charge in [0.1, 0.15) is 5.58 Å². The average molecular weight is 393 g/mol. The van der Waals surface area contributed by atoms with Crippen LogP contribution in [0.4, 0.5) is 5.69 Å². The third kappa shape index (κ3) is 3.71. The number of fused-ring (bicyclic) bond motifs is 1. The van der Waals surface area contributed by atoms with Crippen molar-refractivity contribution in [2.75, 3.05) is 12.8 Å². The van der Waals surface area contributed by atoms with Gasteiger partial charge in [0, 0.05) is 16.6 Å². The fourth-order valence-electron chi connectivity index (χ4n) is 2.94. The molecule has 2 N–H and O–H groups in total. The van der Waals surface area contributed by atoms with Gasteiger partial charge in [0.15, 0.2) is 5.76 Å². The van der Waals surface area contributed by atoms with Crippen LogP contribution in [0, 0.1) is 13.8 Å². The molecule has 0 bridgehead atoms. The number of methoxy groups -OCH3 is 1. The van der Waals surface area contributed by atoms with Gasteiger partial charge in [-0.1, -0.05) is 31.1 Å². The molecule has 0 saturated heterocycles. The van der Waals surface area contributed by atoms with E-state index >= 15 is 0 Å². The highest BCUT2D eigenvalue weighted by Gasteiger charge is 2.18. The number of anilines is 1. The highest BCUT2D eigenvalue weighted by atomic mass is 16.5. The second-order valence-corrected chi connectivity index (χ2v) is 6.27. The van der Waals surface area contributed by atoms with Crippen LogP contribution in [0.15, 0.2) is 45.3 Å². The number of esters is 1. The van der Waals surface area contributed by atoms with Crippen molar-refractivity contribution in [3.63, 3.8) is 0 Å². The van der Waals surface area contributed by atoms with E-state index in [0.29, 0.717) is 28.4 Å². The standard InChI is InChI=1S/C20H17N3O4.C2H6/c1-10-4-5-11(2)17-14(10)9-16(26-17)19-22-18(23-27-19)13-7-6-12(8-15(13)21)20(24)25-3;1-2/h4-9H,21H2,1-3H3;1-2H3. The summed E-state index contributed by atoms with van der Waals surface area (Å²) in [6.07, 6.45) is 0. The lowest BCUT2D eigenvalue weighted by Gasteiger charge is -2.03. The highest BCUT2D eigenvalue weighted by Crippen LogP contribution is 2.32. The topological polar surface area (TPSA) is 104 Å². The minimum absolute atomic E-state index is 0.261. The molecule has 0 aliphatic rings. The molecule has 0 amide bonds. The molecule has 0 unspecified atom stereocenters. The zero-order valence-corrected chi connectivity index (χ0v) is 17.1. The van der Waals surface area contributed by atoms with Crippen molar-refractivity contribution in [3.8, 4) is 23.0 Å². The first-order chi connectivity index (χ1) is 14.0. The van der Waals surface area contributed by atoms with Crippen molar-refractivity contribution in [2.24, 2.45) is 0 Å². The van der Waals surface area contributed by atoms with Crippen LogP contribution in [0.5, 0.6) is 0 Å². The molecule has 0 fully saturated rings. The fourth-order valence-corrected chi connectivity index (χ4v) is 2.94. The van der Waals surface area contributed by atoms with Crippen LogP contribution >= 0.6 is 0 Å². The summed E-state index contributed by atoms with van der Waals surface area (Å²) in [4.78, 5) is 16.0. The lowest BCUT2D eigenvalue weighted by Crippen LogP contribution is -2.02. The van der Waals surface area contributed by atoms with Crippen molar-refractivity contribution < 1.29 is 18.5 Å². The van der Waals surface area contributed by atoms with E-state index in [9.17, 15) is 4.79 Å². The maximum atomic E-state index is 11.6. The van der Waals surface area contributed by atoms with Gasteiger partial charge in [0.05, 0.1) is 12.7 Å². The predicted octanol–water partition coefficient (Wildman–Crippen LogP) is 5.16. The van der Waals surface area contributed by atoms with Gasteiger partial charge < -0.3 is 19.4 Å². The largest absolute Gasteiger partial charge is 0.465 e. The summed E-state index contributed by atoms with van der Waals surface area (Å²) >= 11 is 0. The Labute approximate surface area is 168 Å². The van der Waals surface area contributed by atoms with Gasteiger partial charge in [-0.25, -0.2) is 4.79 Å². The first-order valence-corrected chi connectivity index (χ1v) is 9.30. The van der Waals surface area contributed by atoms with Crippen LogP contribution in [-0.4, -0.2) is 23.2 Å². The highest BCUT2D eigenvalue weighted by molar-refractivity contribution is 5.92. The van der Waals surface area contributed by atoms with Crippen LogP contribution in [0.2, 0.25) is 0 Å². The molecule has 7 nitrogen and oxygen atoms in total. The van der Waals surface area contributed by atoms with E-state index in [1.807, 2.05) is 45.9 Å². The molecule has 4 rings (SSSR count). The third-order valence-electron chi connectivity index (χ3n) is 4.45. The van der Waals surface area contributed by atoms with Crippen LogP contribution < -0.4 is 5.73 Å². The van der Waals surface area contributed by atoms with Crippen molar-refractivity contribution in [1.29, 1.82) is 0 Å². The first kappa shape index (κ1) is 20.1. The number of nitrogens with zero attached hydrogens (tertiary/aromatic N) is 2. The lowest BCUT2D eigenvalue weighted by molar-refractivity contribution is 0.0601. The van der Waals surface area contributed by atoms with Gasteiger partial charge in [-0.2, -0.15) is 4.98 Å². The summed E-state index contributed by atoms with van der Waals surface area (Å²) in [7, 11) is 1.31. The molecular weight excluding hydrogens is 370 g/mol. The van der Waals surface area contributed by atoms with Crippen LogP contribution in [0.3, 0.4) is 0 Å². The molecule has 4 aromatic rings. The van der Waals surface area contributed by atoms with Crippen LogP contribution in [-0.2, 0) is 4.74 Å². The molecule has 29 heavy (non-hydrogen) atoms. The Bertz CT molecular complexity index is 1140. The predicted molar refractivity (Wildman–Crippen MR) is 112 cm³/mol. The van der Waals surface area contributed by atoms with Gasteiger partial charge >= 0.3 is 5.97 Å². The maximum Gasteiger partial charge on any atom is 0.337 e. The maximum absolute atomic E-state index is 11.6. The number of hydrogen-bond acceptors (Lipinski definition) is 7. The van der Waals surface area contributed by atoms with Crippen molar-refractivity contribution >= 4 is 22.6 Å². The molecule has 7 heteroatoms. The Morgan fingerprint density at radius 3 is 2.45 bits per heavy atom. The molecule has 0 saturated carbocycles. The van der Waals surface area contributed by atoms with E-state index in [4.69, 9.17) is 19.4 Å². The summed E-state index contributed by atoms with van der Waals surface area (Å²) in [6, 6.07) is 10.7. The number of nitrogen functional groups attached to an aromatic ring is 1. The zero-order chi connectivity index (χ0) is 21.1. The fraction of sp³-hybridized carbons (Fsp3) is 0.227. The molecule has 2 heterocycles. The average Bonchev–Trinajstić information content (AvgIpc) is 3.39. The minimum atomic E-state index is -0.463. The number of ether oxygens (including phenoxy) is 1. The molecule has 0 aliphatic carbocycles. The molecule has 2 aromatic carbocycles. The van der Waals surface area contributed by atoms with Gasteiger partial charge in [-0.15, -0.1) is 0 Å². The van der Waals surface area contributed by atoms with Gasteiger partial charge in [0.25, 0.3) is 5.89 Å². The van der Waals surface area contributed by atoms with Gasteiger partial charge in [-0.3, -0.25) is 0 Å². The minimum Gasteiger partial charge on any atom is -0.465 e. The van der Waals surface area contributed by atoms with E-state index in [2.05, 4.69) is 10.1 Å². The zero-order valence-electron chi connectivity index (χ0n) is 17.1. The first-order valence-electron chi connectivity index (χ1n) is 9.30. The number of aryl methyl sites for hydroxylation is 2. The quantitative estimate of drug-likeness (QED) is 0.378. The van der Waals surface area contributed by atoms with E-state index in [0.717, 1.165) is 22.1 Å². The number of carbonyl (C=O) groups excluding carboxylic acids is 1. The molecular formula is C22H23N3O4. The number of rotatable bonds is 3. The second kappa shape index (κ2) is 8.18.